The Morgan fingerprint density at radius 2 is 1.75 bits per heavy atom. The average Bonchev–Trinajstić information content (AvgIpc) is 2.51. The van der Waals surface area contributed by atoms with Crippen LogP contribution in [-0.2, 0) is 23.9 Å². The Balaban J connectivity index is 3.27. The Morgan fingerprint density at radius 3 is 2.29 bits per heavy atom. The number of esters is 2. The van der Waals surface area contributed by atoms with Gasteiger partial charge in [0.2, 0.25) is 0 Å². The first kappa shape index (κ1) is 19.7. The number of carbonyl (C=O) groups is 2. The quantitative estimate of drug-likeness (QED) is 0.352. The van der Waals surface area contributed by atoms with Crippen LogP contribution in [0.15, 0.2) is 34.5 Å². The molecule has 0 spiro atoms. The van der Waals surface area contributed by atoms with E-state index in [4.69, 9.17) is 25.9 Å². The van der Waals surface area contributed by atoms with Gasteiger partial charge in [-0.25, -0.2) is 9.59 Å². The van der Waals surface area contributed by atoms with Crippen LogP contribution in [0.4, 0.5) is 0 Å². The van der Waals surface area contributed by atoms with Crippen molar-refractivity contribution < 1.29 is 23.9 Å². The highest BCUT2D eigenvalue weighted by atomic mass is 35.5. The molecule has 7 heteroatoms. The molecule has 24 heavy (non-hydrogen) atoms. The number of halogens is 1. The Hall–Kier alpha value is -2.34. The highest BCUT2D eigenvalue weighted by Gasteiger charge is 2.21. The third kappa shape index (κ3) is 5.70. The topological polar surface area (TPSA) is 74.2 Å². The van der Waals surface area contributed by atoms with Gasteiger partial charge < -0.3 is 14.3 Å². The summed E-state index contributed by atoms with van der Waals surface area (Å²) in [7, 11) is 2.55. The van der Waals surface area contributed by atoms with E-state index in [-0.39, 0.29) is 10.7 Å². The molecule has 1 aromatic rings. The Labute approximate surface area is 146 Å². The maximum Gasteiger partial charge on any atom is 0.360 e. The summed E-state index contributed by atoms with van der Waals surface area (Å²) in [5, 5.41) is 3.57. The molecule has 1 aromatic carbocycles. The highest BCUT2D eigenvalue weighted by Crippen LogP contribution is 2.20. The minimum atomic E-state index is -0.675. The molecule has 0 fully saturated rings. The molecular weight excluding hydrogens is 334 g/mol. The average molecular weight is 354 g/mol. The molecule has 0 radical (unpaired) electrons. The van der Waals surface area contributed by atoms with E-state index in [2.05, 4.69) is 5.16 Å². The Kier molecular flexibility index (Phi) is 6.97. The van der Waals surface area contributed by atoms with E-state index in [9.17, 15) is 9.59 Å². The normalized spacial score (nSPS) is 12.6. The molecule has 0 saturated carbocycles. The predicted octanol–water partition coefficient (Wildman–Crippen LogP) is 3.13. The molecule has 0 aliphatic rings. The number of hydrogen-bond donors (Lipinski definition) is 0. The van der Waals surface area contributed by atoms with Crippen molar-refractivity contribution in [2.24, 2.45) is 5.16 Å². The van der Waals surface area contributed by atoms with E-state index in [1.54, 1.807) is 45.0 Å². The molecular formula is C17H20ClNO5. The van der Waals surface area contributed by atoms with Gasteiger partial charge in [-0.3, -0.25) is 0 Å². The van der Waals surface area contributed by atoms with Gasteiger partial charge in [-0.1, -0.05) is 41.0 Å². The third-order valence-electron chi connectivity index (χ3n) is 2.65. The van der Waals surface area contributed by atoms with Crippen LogP contribution in [0.2, 0.25) is 0 Å². The van der Waals surface area contributed by atoms with Crippen molar-refractivity contribution in [3.05, 3.63) is 40.4 Å². The lowest BCUT2D eigenvalue weighted by Gasteiger charge is -2.19. The summed E-state index contributed by atoms with van der Waals surface area (Å²) in [6, 6.07) is 6.76. The zero-order valence-electron chi connectivity index (χ0n) is 14.3. The van der Waals surface area contributed by atoms with Crippen molar-refractivity contribution in [3.8, 4) is 0 Å². The van der Waals surface area contributed by atoms with Crippen LogP contribution in [-0.4, -0.2) is 37.5 Å². The number of nitrogens with zero attached hydrogens (tertiary/aromatic N) is 1. The van der Waals surface area contributed by atoms with E-state index >= 15 is 0 Å². The number of ether oxygens (including phenoxy) is 2. The van der Waals surface area contributed by atoms with Crippen molar-refractivity contribution in [3.63, 3.8) is 0 Å². The summed E-state index contributed by atoms with van der Waals surface area (Å²) in [6.07, 6.45) is 1.40. The minimum absolute atomic E-state index is 0.0412. The van der Waals surface area contributed by atoms with E-state index in [1.165, 1.54) is 20.3 Å². The van der Waals surface area contributed by atoms with Crippen molar-refractivity contribution in [2.45, 2.75) is 26.4 Å². The lowest BCUT2D eigenvalue weighted by atomic mass is 10.0. The van der Waals surface area contributed by atoms with Gasteiger partial charge in [-0.05, 0) is 32.4 Å². The first-order valence-corrected chi connectivity index (χ1v) is 7.46. The van der Waals surface area contributed by atoms with E-state index in [0.29, 0.717) is 11.1 Å². The lowest BCUT2D eigenvalue weighted by molar-refractivity contribution is -0.148. The van der Waals surface area contributed by atoms with Crippen LogP contribution in [0, 0.1) is 0 Å². The summed E-state index contributed by atoms with van der Waals surface area (Å²) in [5.41, 5.74) is 0.196. The summed E-state index contributed by atoms with van der Waals surface area (Å²) < 4.78 is 9.90. The van der Waals surface area contributed by atoms with E-state index in [0.717, 1.165) is 0 Å². The molecule has 0 N–H and O–H groups in total. The fourth-order valence-corrected chi connectivity index (χ4v) is 1.90. The molecule has 0 aliphatic carbocycles. The summed E-state index contributed by atoms with van der Waals surface area (Å²) in [6.45, 7) is 5.22. The maximum atomic E-state index is 12.0. The number of hydrogen-bond acceptors (Lipinski definition) is 6. The second-order valence-electron chi connectivity index (χ2n) is 5.70. The highest BCUT2D eigenvalue weighted by molar-refractivity contribution is 6.45. The molecule has 0 heterocycles. The number of rotatable bonds is 5. The van der Waals surface area contributed by atoms with Crippen LogP contribution in [0.3, 0.4) is 0 Å². The number of oxime groups is 1. The molecule has 0 bridgehead atoms. The maximum absolute atomic E-state index is 12.0. The van der Waals surface area contributed by atoms with Crippen LogP contribution in [0.1, 0.15) is 31.9 Å². The largest absolute Gasteiger partial charge is 0.464 e. The van der Waals surface area contributed by atoms with Gasteiger partial charge in [0.1, 0.15) is 17.7 Å². The summed E-state index contributed by atoms with van der Waals surface area (Å²) in [5.74, 6) is -1.34. The van der Waals surface area contributed by atoms with Crippen LogP contribution in [0.5, 0.6) is 0 Å². The molecule has 6 nitrogen and oxygen atoms in total. The summed E-state index contributed by atoms with van der Waals surface area (Å²) >= 11 is 6.04. The predicted molar refractivity (Wildman–Crippen MR) is 91.7 cm³/mol. The molecule has 0 atom stereocenters. The zero-order valence-corrected chi connectivity index (χ0v) is 15.0. The standard InChI is InChI=1S/C17H20ClNO5/c1-17(2,3)24-15(20)13(18)10-11-8-6-7-9-12(11)14(19-23-5)16(21)22-4/h6-10H,1-5H3/b13-10-,19-14+. The first-order valence-electron chi connectivity index (χ1n) is 7.09. The number of benzene rings is 1. The van der Waals surface area contributed by atoms with Crippen molar-refractivity contribution in [1.82, 2.24) is 0 Å². The molecule has 130 valence electrons. The zero-order chi connectivity index (χ0) is 18.3. The van der Waals surface area contributed by atoms with Crippen molar-refractivity contribution in [1.29, 1.82) is 0 Å². The van der Waals surface area contributed by atoms with Crippen molar-refractivity contribution >= 4 is 35.3 Å². The second-order valence-corrected chi connectivity index (χ2v) is 6.10. The van der Waals surface area contributed by atoms with Gasteiger partial charge in [0.15, 0.2) is 5.71 Å². The smallest absolute Gasteiger partial charge is 0.360 e. The van der Waals surface area contributed by atoms with Crippen LogP contribution < -0.4 is 0 Å². The van der Waals surface area contributed by atoms with Gasteiger partial charge in [-0.15, -0.1) is 0 Å². The monoisotopic (exact) mass is 353 g/mol. The second kappa shape index (κ2) is 8.49. The molecule has 1 rings (SSSR count). The fraction of sp³-hybridized carbons (Fsp3) is 0.353. The van der Waals surface area contributed by atoms with Gasteiger partial charge in [0.25, 0.3) is 0 Å². The molecule has 0 aliphatic heterocycles. The van der Waals surface area contributed by atoms with E-state index in [1.807, 2.05) is 0 Å². The number of carbonyl (C=O) groups excluding carboxylic acids is 2. The van der Waals surface area contributed by atoms with Crippen LogP contribution in [0.25, 0.3) is 6.08 Å². The third-order valence-corrected chi connectivity index (χ3v) is 2.92. The minimum Gasteiger partial charge on any atom is -0.464 e. The first-order chi connectivity index (χ1) is 11.2. The lowest BCUT2D eigenvalue weighted by Crippen LogP contribution is -2.24. The van der Waals surface area contributed by atoms with Gasteiger partial charge in [0, 0.05) is 5.56 Å². The molecule has 0 amide bonds. The van der Waals surface area contributed by atoms with Gasteiger partial charge in [-0.2, -0.15) is 0 Å². The molecule has 0 aromatic heterocycles. The SMILES string of the molecule is CO/N=C(/C(=O)OC)c1ccccc1/C=C(\Cl)C(=O)OC(C)(C)C. The molecule has 0 saturated heterocycles. The molecule has 0 unspecified atom stereocenters. The Bertz CT molecular complexity index is 674. The Morgan fingerprint density at radius 1 is 1.12 bits per heavy atom. The number of methoxy groups -OCH3 is 1. The fourth-order valence-electron chi connectivity index (χ4n) is 1.75. The van der Waals surface area contributed by atoms with Crippen LogP contribution >= 0.6 is 11.6 Å². The summed E-state index contributed by atoms with van der Waals surface area (Å²) in [4.78, 5) is 28.6. The van der Waals surface area contributed by atoms with E-state index < -0.39 is 17.5 Å². The van der Waals surface area contributed by atoms with Gasteiger partial charge in [0.05, 0.1) is 7.11 Å². The van der Waals surface area contributed by atoms with Gasteiger partial charge >= 0.3 is 11.9 Å². The van der Waals surface area contributed by atoms with Crippen molar-refractivity contribution in [2.75, 3.05) is 14.2 Å².